The van der Waals surface area contributed by atoms with Gasteiger partial charge in [0.1, 0.15) is 4.21 Å². The summed E-state index contributed by atoms with van der Waals surface area (Å²) in [7, 11) is -3.63. The highest BCUT2D eigenvalue weighted by atomic mass is 35.5. The third-order valence-corrected chi connectivity index (χ3v) is 9.19. The maximum absolute atomic E-state index is 13.0. The zero-order valence-electron chi connectivity index (χ0n) is 15.7. The van der Waals surface area contributed by atoms with Gasteiger partial charge in [0, 0.05) is 26.2 Å². The lowest BCUT2D eigenvalue weighted by Gasteiger charge is -2.38. The summed E-state index contributed by atoms with van der Waals surface area (Å²) in [6.45, 7) is 4.71. The van der Waals surface area contributed by atoms with E-state index in [0.717, 1.165) is 22.5 Å². The lowest BCUT2D eigenvalue weighted by molar-refractivity contribution is -0.151. The van der Waals surface area contributed by atoms with Crippen LogP contribution in [-0.4, -0.2) is 60.8 Å². The molecule has 1 N–H and O–H groups in total. The maximum Gasteiger partial charge on any atom is 0.307 e. The van der Waals surface area contributed by atoms with Gasteiger partial charge in [-0.2, -0.15) is 4.31 Å². The van der Waals surface area contributed by atoms with Crippen LogP contribution >= 0.6 is 22.9 Å². The molecule has 1 saturated heterocycles. The van der Waals surface area contributed by atoms with E-state index in [1.807, 2.05) is 13.8 Å². The van der Waals surface area contributed by atoms with Crippen molar-refractivity contribution in [2.45, 2.75) is 30.9 Å². The van der Waals surface area contributed by atoms with Crippen LogP contribution in [0.2, 0.25) is 4.34 Å². The van der Waals surface area contributed by atoms with Gasteiger partial charge in [-0.15, -0.1) is 11.3 Å². The Kier molecular flexibility index (Phi) is 6.19. The van der Waals surface area contributed by atoms with Crippen molar-refractivity contribution in [3.63, 3.8) is 0 Å². The van der Waals surface area contributed by atoms with Gasteiger partial charge >= 0.3 is 5.97 Å². The van der Waals surface area contributed by atoms with Crippen LogP contribution in [0.4, 0.5) is 0 Å². The maximum atomic E-state index is 13.0. The van der Waals surface area contributed by atoms with Crippen LogP contribution in [0.3, 0.4) is 0 Å². The number of aliphatic carboxylic acids is 1. The number of carboxylic acid groups (broad SMARTS) is 1. The van der Waals surface area contributed by atoms with Crippen molar-refractivity contribution < 1.29 is 23.1 Å². The number of hydrogen-bond acceptors (Lipinski definition) is 5. The zero-order valence-corrected chi connectivity index (χ0v) is 18.1. The average molecular weight is 447 g/mol. The van der Waals surface area contributed by atoms with Gasteiger partial charge in [-0.25, -0.2) is 8.42 Å². The summed E-state index contributed by atoms with van der Waals surface area (Å²) in [5, 5.41) is 9.55. The second-order valence-corrected chi connectivity index (χ2v) is 11.2. The monoisotopic (exact) mass is 446 g/mol. The molecule has 1 aromatic rings. The average Bonchev–Trinajstić information content (AvgIpc) is 3.10. The number of piperazine rings is 1. The molecule has 1 amide bonds. The molecule has 2 aliphatic rings. The molecule has 0 unspecified atom stereocenters. The van der Waals surface area contributed by atoms with Crippen LogP contribution in [0.25, 0.3) is 0 Å². The molecule has 0 radical (unpaired) electrons. The molecule has 28 heavy (non-hydrogen) atoms. The summed E-state index contributed by atoms with van der Waals surface area (Å²) in [6, 6.07) is 3.03. The van der Waals surface area contributed by atoms with Gasteiger partial charge in [0.25, 0.3) is 10.0 Å². The summed E-state index contributed by atoms with van der Waals surface area (Å²) in [4.78, 5) is 26.3. The van der Waals surface area contributed by atoms with E-state index in [2.05, 4.69) is 0 Å². The first-order chi connectivity index (χ1) is 13.1. The molecule has 1 aliphatic carbocycles. The summed E-state index contributed by atoms with van der Waals surface area (Å²) in [5.74, 6) is -2.48. The Balaban J connectivity index is 1.69. The van der Waals surface area contributed by atoms with Gasteiger partial charge in [0.15, 0.2) is 0 Å². The highest BCUT2D eigenvalue weighted by Crippen LogP contribution is 2.36. The fourth-order valence-electron chi connectivity index (χ4n) is 3.76. The van der Waals surface area contributed by atoms with Crippen LogP contribution in [0.1, 0.15) is 26.7 Å². The van der Waals surface area contributed by atoms with Gasteiger partial charge in [-0.3, -0.25) is 9.59 Å². The van der Waals surface area contributed by atoms with E-state index in [0.29, 0.717) is 17.2 Å². The van der Waals surface area contributed by atoms with E-state index in [4.69, 9.17) is 11.6 Å². The Morgan fingerprint density at radius 1 is 1.07 bits per heavy atom. The number of amides is 1. The molecule has 0 bridgehead atoms. The fraction of sp³-hybridized carbons (Fsp3) is 0.556. The molecule has 2 atom stereocenters. The van der Waals surface area contributed by atoms with E-state index >= 15 is 0 Å². The van der Waals surface area contributed by atoms with Gasteiger partial charge in [0.2, 0.25) is 5.91 Å². The number of carbonyl (C=O) groups excluding carboxylic acids is 1. The molecule has 7 nitrogen and oxygen atoms in total. The minimum Gasteiger partial charge on any atom is -0.481 e. The Morgan fingerprint density at radius 2 is 1.64 bits per heavy atom. The third kappa shape index (κ3) is 4.12. The first kappa shape index (κ1) is 21.3. The first-order valence-corrected chi connectivity index (χ1v) is 11.7. The molecule has 1 aliphatic heterocycles. The highest BCUT2D eigenvalue weighted by molar-refractivity contribution is 7.91. The second-order valence-electron chi connectivity index (χ2n) is 7.31. The Labute approximate surface area is 173 Å². The summed E-state index contributed by atoms with van der Waals surface area (Å²) < 4.78 is 27.3. The van der Waals surface area contributed by atoms with Crippen molar-refractivity contribution in [1.82, 2.24) is 9.21 Å². The zero-order chi connectivity index (χ0) is 20.6. The van der Waals surface area contributed by atoms with E-state index in [1.54, 1.807) is 11.0 Å². The van der Waals surface area contributed by atoms with E-state index in [9.17, 15) is 23.1 Å². The molecule has 1 fully saturated rings. The number of allylic oxidation sites excluding steroid dienone is 2. The lowest BCUT2D eigenvalue weighted by atomic mass is 9.76. The summed E-state index contributed by atoms with van der Waals surface area (Å²) in [6.07, 6.45) is 0.818. The highest BCUT2D eigenvalue weighted by Gasteiger charge is 2.40. The SMILES string of the molecule is CC1=C(C)C[C@@H](C(=O)O)[C@@H](C(=O)N2CCN(S(=O)(=O)c3ccc(Cl)s3)CC2)C1. The number of rotatable bonds is 4. The second kappa shape index (κ2) is 8.14. The summed E-state index contributed by atoms with van der Waals surface area (Å²) >= 11 is 6.86. The van der Waals surface area contributed by atoms with E-state index in [1.165, 1.54) is 10.4 Å². The molecule has 0 spiro atoms. The molecular formula is C18H23ClN2O5S2. The Morgan fingerprint density at radius 3 is 2.14 bits per heavy atom. The Bertz CT molecular complexity index is 916. The number of halogens is 1. The third-order valence-electron chi connectivity index (χ3n) is 5.59. The minimum atomic E-state index is -3.63. The molecule has 0 saturated carbocycles. The normalized spacial score (nSPS) is 24.5. The van der Waals surface area contributed by atoms with Crippen LogP contribution < -0.4 is 0 Å². The molecule has 0 aromatic carbocycles. The number of nitrogens with zero attached hydrogens (tertiary/aromatic N) is 2. The van der Waals surface area contributed by atoms with Crippen molar-refractivity contribution in [2.75, 3.05) is 26.2 Å². The van der Waals surface area contributed by atoms with Crippen molar-refractivity contribution in [2.24, 2.45) is 11.8 Å². The van der Waals surface area contributed by atoms with Crippen molar-refractivity contribution >= 4 is 44.8 Å². The smallest absolute Gasteiger partial charge is 0.307 e. The number of carbonyl (C=O) groups is 2. The van der Waals surface area contributed by atoms with Gasteiger partial charge in [0.05, 0.1) is 16.2 Å². The standard InChI is InChI=1S/C18H23ClN2O5S2/c1-11-9-13(14(18(23)24)10-12(11)2)17(22)20-5-7-21(8-6-20)28(25,26)16-4-3-15(19)27-16/h3-4,13-14H,5-10H2,1-2H3,(H,23,24)/t13-,14+/m0/s1. The van der Waals surface area contributed by atoms with Gasteiger partial charge < -0.3 is 10.0 Å². The molecular weight excluding hydrogens is 424 g/mol. The molecule has 2 heterocycles. The Hall–Kier alpha value is -1.42. The van der Waals surface area contributed by atoms with Gasteiger partial charge in [-0.05, 0) is 38.8 Å². The predicted molar refractivity (Wildman–Crippen MR) is 107 cm³/mol. The van der Waals surface area contributed by atoms with Crippen LogP contribution in [-0.2, 0) is 19.6 Å². The fourth-order valence-corrected chi connectivity index (χ4v) is 6.82. The topological polar surface area (TPSA) is 95.0 Å². The summed E-state index contributed by atoms with van der Waals surface area (Å²) in [5.41, 5.74) is 2.09. The predicted octanol–water partition coefficient (Wildman–Crippen LogP) is 2.68. The van der Waals surface area contributed by atoms with E-state index in [-0.39, 0.29) is 36.3 Å². The minimum absolute atomic E-state index is 0.182. The largest absolute Gasteiger partial charge is 0.481 e. The first-order valence-electron chi connectivity index (χ1n) is 9.03. The van der Waals surface area contributed by atoms with Crippen molar-refractivity contribution in [3.05, 3.63) is 27.6 Å². The quantitative estimate of drug-likeness (QED) is 0.717. The lowest BCUT2D eigenvalue weighted by Crippen LogP contribution is -2.53. The van der Waals surface area contributed by atoms with Crippen LogP contribution in [0, 0.1) is 11.8 Å². The molecule has 1 aromatic heterocycles. The van der Waals surface area contributed by atoms with Crippen molar-refractivity contribution in [3.8, 4) is 0 Å². The molecule has 3 rings (SSSR count). The number of sulfonamides is 1. The molecule has 10 heteroatoms. The van der Waals surface area contributed by atoms with Crippen LogP contribution in [0.15, 0.2) is 27.5 Å². The van der Waals surface area contributed by atoms with Gasteiger partial charge in [-0.1, -0.05) is 22.7 Å². The van der Waals surface area contributed by atoms with E-state index < -0.39 is 27.8 Å². The number of hydrogen-bond donors (Lipinski definition) is 1. The number of thiophene rings is 1. The molecule has 154 valence electrons. The van der Waals surface area contributed by atoms with Crippen molar-refractivity contribution in [1.29, 1.82) is 0 Å². The number of carboxylic acids is 1. The van der Waals surface area contributed by atoms with Crippen LogP contribution in [0.5, 0.6) is 0 Å².